The van der Waals surface area contributed by atoms with Gasteiger partial charge in [-0.15, -0.1) is 0 Å². The van der Waals surface area contributed by atoms with E-state index in [9.17, 15) is 14.4 Å². The molecule has 0 aliphatic carbocycles. The van der Waals surface area contributed by atoms with E-state index in [4.69, 9.17) is 14.6 Å². The minimum absolute atomic E-state index is 0.0575. The van der Waals surface area contributed by atoms with Crippen LogP contribution in [-0.4, -0.2) is 47.2 Å². The second kappa shape index (κ2) is 7.95. The zero-order chi connectivity index (χ0) is 15.0. The Bertz CT molecular complexity index is 457. The third-order valence-electron chi connectivity index (χ3n) is 2.45. The fourth-order valence-electron chi connectivity index (χ4n) is 1.35. The maximum Gasteiger partial charge on any atom is 0.332 e. The maximum atomic E-state index is 11.5. The van der Waals surface area contributed by atoms with E-state index in [-0.39, 0.29) is 37.7 Å². The van der Waals surface area contributed by atoms with Crippen LogP contribution in [0.1, 0.15) is 23.2 Å². The van der Waals surface area contributed by atoms with Crippen molar-refractivity contribution in [2.45, 2.75) is 18.9 Å². The van der Waals surface area contributed by atoms with Gasteiger partial charge in [0.05, 0.1) is 11.8 Å². The number of hydrogen-bond acceptors (Lipinski definition) is 5. The van der Waals surface area contributed by atoms with Crippen molar-refractivity contribution < 1.29 is 29.0 Å². The number of carbonyl (C=O) groups is 3. The number of carboxylic acids is 1. The summed E-state index contributed by atoms with van der Waals surface area (Å²) in [7, 11) is 0. The highest BCUT2D eigenvalue weighted by Gasteiger charge is 2.13. The van der Waals surface area contributed by atoms with Crippen molar-refractivity contribution >= 4 is 17.8 Å². The summed E-state index contributed by atoms with van der Waals surface area (Å²) in [5, 5.41) is 22.4. The molecule has 0 unspecified atom stereocenters. The number of carbonyl (C=O) groups excluding carboxylic acids is 2. The van der Waals surface area contributed by atoms with Crippen molar-refractivity contribution in [3.05, 3.63) is 24.2 Å². The fourth-order valence-corrected chi connectivity index (χ4v) is 1.35. The van der Waals surface area contributed by atoms with Crippen LogP contribution in [0.4, 0.5) is 0 Å². The maximum absolute atomic E-state index is 11.5. The molecule has 2 amide bonds. The number of furan rings is 1. The summed E-state index contributed by atoms with van der Waals surface area (Å²) in [5.74, 6) is -2.01. The van der Waals surface area contributed by atoms with E-state index >= 15 is 0 Å². The van der Waals surface area contributed by atoms with Gasteiger partial charge in [-0.25, -0.2) is 4.79 Å². The summed E-state index contributed by atoms with van der Waals surface area (Å²) >= 11 is 0. The Labute approximate surface area is 114 Å². The average molecular weight is 284 g/mol. The second-order valence-electron chi connectivity index (χ2n) is 4.01. The molecule has 0 fully saturated rings. The largest absolute Gasteiger partial charge is 0.479 e. The van der Waals surface area contributed by atoms with E-state index in [2.05, 4.69) is 10.6 Å². The lowest BCUT2D eigenvalue weighted by Gasteiger charge is -2.07. The number of aliphatic carboxylic acids is 1. The molecule has 0 aliphatic rings. The first kappa shape index (κ1) is 15.7. The third-order valence-corrected chi connectivity index (χ3v) is 2.45. The minimum atomic E-state index is -1.49. The van der Waals surface area contributed by atoms with Gasteiger partial charge in [-0.05, 0) is 6.07 Å². The van der Waals surface area contributed by atoms with Gasteiger partial charge in [0, 0.05) is 25.9 Å². The van der Waals surface area contributed by atoms with Crippen LogP contribution < -0.4 is 10.6 Å². The number of hydrogen-bond donors (Lipinski definition) is 4. The number of aliphatic hydroxyl groups is 1. The Morgan fingerprint density at radius 2 is 2.00 bits per heavy atom. The molecule has 0 aromatic carbocycles. The van der Waals surface area contributed by atoms with Gasteiger partial charge in [-0.2, -0.15) is 0 Å². The highest BCUT2D eigenvalue weighted by molar-refractivity contribution is 5.94. The lowest BCUT2D eigenvalue weighted by Crippen LogP contribution is -2.33. The molecule has 1 atom stereocenters. The Morgan fingerprint density at radius 3 is 2.60 bits per heavy atom. The molecule has 1 aromatic heterocycles. The molecule has 0 aliphatic heterocycles. The van der Waals surface area contributed by atoms with Crippen molar-refractivity contribution in [2.24, 2.45) is 0 Å². The van der Waals surface area contributed by atoms with E-state index < -0.39 is 12.1 Å². The SMILES string of the molecule is O=C(CCNC(=O)c1ccoc1)NCC[C@H](O)C(=O)O. The van der Waals surface area contributed by atoms with Crippen molar-refractivity contribution in [1.29, 1.82) is 0 Å². The number of aliphatic hydroxyl groups excluding tert-OH is 1. The number of amides is 2. The summed E-state index contributed by atoms with van der Waals surface area (Å²) in [6.07, 6.45) is 1.17. The van der Waals surface area contributed by atoms with Crippen LogP contribution in [-0.2, 0) is 9.59 Å². The molecule has 0 bridgehead atoms. The van der Waals surface area contributed by atoms with E-state index in [1.807, 2.05) is 0 Å². The van der Waals surface area contributed by atoms with Crippen LogP contribution in [0.5, 0.6) is 0 Å². The molecule has 1 heterocycles. The van der Waals surface area contributed by atoms with E-state index in [0.717, 1.165) is 0 Å². The fraction of sp³-hybridized carbons (Fsp3) is 0.417. The van der Waals surface area contributed by atoms with Gasteiger partial charge in [0.25, 0.3) is 5.91 Å². The number of nitrogens with one attached hydrogen (secondary N) is 2. The molecule has 0 saturated carbocycles. The third kappa shape index (κ3) is 5.53. The zero-order valence-electron chi connectivity index (χ0n) is 10.7. The predicted molar refractivity (Wildman–Crippen MR) is 66.9 cm³/mol. The van der Waals surface area contributed by atoms with Crippen molar-refractivity contribution in [1.82, 2.24) is 10.6 Å². The van der Waals surface area contributed by atoms with Crippen molar-refractivity contribution in [2.75, 3.05) is 13.1 Å². The highest BCUT2D eigenvalue weighted by atomic mass is 16.4. The first-order chi connectivity index (χ1) is 9.50. The standard InChI is InChI=1S/C12H16N2O6/c15-9(12(18)19)1-4-13-10(16)2-5-14-11(17)8-3-6-20-7-8/h3,6-7,9,15H,1-2,4-5H2,(H,13,16)(H,14,17)(H,18,19)/t9-/m0/s1. The molecule has 8 nitrogen and oxygen atoms in total. The monoisotopic (exact) mass is 284 g/mol. The lowest BCUT2D eigenvalue weighted by atomic mass is 10.2. The van der Waals surface area contributed by atoms with Gasteiger partial charge >= 0.3 is 5.97 Å². The van der Waals surface area contributed by atoms with Crippen LogP contribution >= 0.6 is 0 Å². The summed E-state index contributed by atoms with van der Waals surface area (Å²) in [5.41, 5.74) is 0.370. The molecule has 0 radical (unpaired) electrons. The molecule has 0 saturated heterocycles. The molecule has 4 N–H and O–H groups in total. The summed E-state index contributed by atoms with van der Waals surface area (Å²) in [6, 6.07) is 1.50. The van der Waals surface area contributed by atoms with Crippen LogP contribution in [0.15, 0.2) is 23.0 Å². The van der Waals surface area contributed by atoms with Gasteiger partial charge in [-0.1, -0.05) is 0 Å². The van der Waals surface area contributed by atoms with Crippen molar-refractivity contribution in [3.63, 3.8) is 0 Å². The molecule has 1 aromatic rings. The van der Waals surface area contributed by atoms with Crippen LogP contribution in [0.2, 0.25) is 0 Å². The van der Waals surface area contributed by atoms with Gasteiger partial charge in [-0.3, -0.25) is 9.59 Å². The van der Waals surface area contributed by atoms with Gasteiger partial charge < -0.3 is 25.3 Å². The average Bonchev–Trinajstić information content (AvgIpc) is 2.92. The molecule has 20 heavy (non-hydrogen) atoms. The van der Waals surface area contributed by atoms with E-state index in [1.165, 1.54) is 18.6 Å². The number of rotatable bonds is 8. The van der Waals surface area contributed by atoms with Crippen LogP contribution in [0, 0.1) is 0 Å². The Balaban J connectivity index is 2.11. The number of carboxylic acid groups (broad SMARTS) is 1. The van der Waals surface area contributed by atoms with E-state index in [0.29, 0.717) is 5.56 Å². The predicted octanol–water partition coefficient (Wildman–Crippen LogP) is -0.649. The molecule has 110 valence electrons. The first-order valence-corrected chi connectivity index (χ1v) is 5.98. The summed E-state index contributed by atoms with van der Waals surface area (Å²) < 4.78 is 4.75. The van der Waals surface area contributed by atoms with Crippen LogP contribution in [0.3, 0.4) is 0 Å². The van der Waals surface area contributed by atoms with Gasteiger partial charge in [0.1, 0.15) is 6.26 Å². The highest BCUT2D eigenvalue weighted by Crippen LogP contribution is 1.98. The molecule has 0 spiro atoms. The Hall–Kier alpha value is -2.35. The smallest absolute Gasteiger partial charge is 0.332 e. The minimum Gasteiger partial charge on any atom is -0.479 e. The Kier molecular flexibility index (Phi) is 6.24. The lowest BCUT2D eigenvalue weighted by molar-refractivity contribution is -0.147. The quantitative estimate of drug-likeness (QED) is 0.502. The zero-order valence-corrected chi connectivity index (χ0v) is 10.7. The normalized spacial score (nSPS) is 11.7. The molecular weight excluding hydrogens is 268 g/mol. The van der Waals surface area contributed by atoms with Gasteiger partial charge in [0.15, 0.2) is 6.10 Å². The van der Waals surface area contributed by atoms with Gasteiger partial charge in [0.2, 0.25) is 5.91 Å². The van der Waals surface area contributed by atoms with Crippen molar-refractivity contribution in [3.8, 4) is 0 Å². The van der Waals surface area contributed by atoms with E-state index in [1.54, 1.807) is 0 Å². The molecular formula is C12H16N2O6. The van der Waals surface area contributed by atoms with Crippen LogP contribution in [0.25, 0.3) is 0 Å². The summed E-state index contributed by atoms with van der Waals surface area (Å²) in [4.78, 5) is 33.1. The first-order valence-electron chi connectivity index (χ1n) is 5.98. The summed E-state index contributed by atoms with van der Waals surface area (Å²) in [6.45, 7) is 0.208. The Morgan fingerprint density at radius 1 is 1.25 bits per heavy atom. The molecule has 8 heteroatoms. The second-order valence-corrected chi connectivity index (χ2v) is 4.01. The topological polar surface area (TPSA) is 129 Å². The molecule has 1 rings (SSSR count).